The van der Waals surface area contributed by atoms with Crippen LogP contribution in [0.5, 0.6) is 5.75 Å². The number of benzene rings is 2. The molecular formula is C31H29N2O+. The quantitative estimate of drug-likeness (QED) is 0.366. The molecule has 34 heavy (non-hydrogen) atoms. The van der Waals surface area contributed by atoms with Gasteiger partial charge in [0.2, 0.25) is 5.69 Å². The van der Waals surface area contributed by atoms with Crippen molar-refractivity contribution >= 4 is 12.2 Å². The summed E-state index contributed by atoms with van der Waals surface area (Å²) in [6, 6.07) is 17.8. The molecule has 3 aliphatic heterocycles. The smallest absolute Gasteiger partial charge is 0.213 e. The predicted molar refractivity (Wildman–Crippen MR) is 138 cm³/mol. The Morgan fingerprint density at radius 2 is 1.74 bits per heavy atom. The van der Waals surface area contributed by atoms with Crippen LogP contribution in [0, 0.1) is 0 Å². The molecule has 0 N–H and O–H groups in total. The number of allylic oxidation sites excluding steroid dienone is 4. The summed E-state index contributed by atoms with van der Waals surface area (Å²) in [6.45, 7) is 2.12. The fourth-order valence-electron chi connectivity index (χ4n) is 5.38. The van der Waals surface area contributed by atoms with Gasteiger partial charge < -0.3 is 9.64 Å². The lowest BCUT2D eigenvalue weighted by molar-refractivity contribution is -0.687. The normalized spacial score (nSPS) is 18.0. The number of rotatable bonds is 4. The molecular weight excluding hydrogens is 416 g/mol. The number of hydrogen-bond acceptors (Lipinski definition) is 2. The van der Waals surface area contributed by atoms with E-state index in [1.54, 1.807) is 7.11 Å². The number of hydrogen-bond donors (Lipinski definition) is 0. The van der Waals surface area contributed by atoms with E-state index in [4.69, 9.17) is 4.74 Å². The molecule has 3 aliphatic rings. The van der Waals surface area contributed by atoms with Crippen LogP contribution in [0.15, 0.2) is 91.3 Å². The fraction of sp³-hybridized carbons (Fsp3) is 0.194. The van der Waals surface area contributed by atoms with E-state index in [0.717, 1.165) is 37.2 Å². The second-order valence-electron chi connectivity index (χ2n) is 9.11. The lowest BCUT2D eigenvalue weighted by atomic mass is 9.82. The van der Waals surface area contributed by atoms with Gasteiger partial charge in [-0.1, -0.05) is 60.7 Å². The topological polar surface area (TPSA) is 16.4 Å². The zero-order valence-corrected chi connectivity index (χ0v) is 19.5. The summed E-state index contributed by atoms with van der Waals surface area (Å²) in [6.07, 6.45) is 21.9. The van der Waals surface area contributed by atoms with Crippen LogP contribution in [-0.2, 0) is 19.4 Å². The number of ether oxygens (including phenoxy) is 1. The molecule has 2 aromatic carbocycles. The number of aromatic nitrogens is 1. The van der Waals surface area contributed by atoms with Crippen LogP contribution < -0.4 is 9.30 Å². The molecule has 0 saturated carbocycles. The van der Waals surface area contributed by atoms with Crippen molar-refractivity contribution < 1.29 is 9.30 Å². The zero-order chi connectivity index (χ0) is 22.9. The minimum Gasteiger partial charge on any atom is -0.497 e. The average molecular weight is 446 g/mol. The molecule has 3 heteroatoms. The molecule has 4 heterocycles. The first-order valence-corrected chi connectivity index (χ1v) is 12.1. The highest BCUT2D eigenvalue weighted by Gasteiger charge is 2.33. The van der Waals surface area contributed by atoms with Gasteiger partial charge in [-0.25, -0.2) is 0 Å². The molecule has 0 bridgehead atoms. The number of fused-ring (bicyclic) bond motifs is 7. The van der Waals surface area contributed by atoms with E-state index in [1.807, 2.05) is 12.1 Å². The van der Waals surface area contributed by atoms with Gasteiger partial charge in [0.05, 0.1) is 18.7 Å². The van der Waals surface area contributed by atoms with Crippen LogP contribution in [0.3, 0.4) is 0 Å². The third kappa shape index (κ3) is 3.77. The van der Waals surface area contributed by atoms with Gasteiger partial charge in [0.15, 0.2) is 12.7 Å². The van der Waals surface area contributed by atoms with Crippen molar-refractivity contribution in [1.82, 2.24) is 4.90 Å². The van der Waals surface area contributed by atoms with E-state index >= 15 is 0 Å². The molecule has 168 valence electrons. The summed E-state index contributed by atoms with van der Waals surface area (Å²) >= 11 is 0. The highest BCUT2D eigenvalue weighted by molar-refractivity contribution is 5.72. The molecule has 0 amide bonds. The van der Waals surface area contributed by atoms with Gasteiger partial charge in [-0.05, 0) is 58.6 Å². The van der Waals surface area contributed by atoms with Crippen molar-refractivity contribution in [2.45, 2.75) is 25.4 Å². The Kier molecular flexibility index (Phi) is 5.38. The Labute approximate surface area is 201 Å². The predicted octanol–water partition coefficient (Wildman–Crippen LogP) is 5.92. The molecule has 1 unspecified atom stereocenters. The first-order valence-electron chi connectivity index (χ1n) is 12.1. The van der Waals surface area contributed by atoms with Crippen LogP contribution in [0.2, 0.25) is 0 Å². The third-order valence-corrected chi connectivity index (χ3v) is 7.14. The molecule has 6 rings (SSSR count). The highest BCUT2D eigenvalue weighted by atomic mass is 16.5. The zero-order valence-electron chi connectivity index (χ0n) is 19.5. The molecule has 0 saturated heterocycles. The second kappa shape index (κ2) is 8.83. The monoisotopic (exact) mass is 445 g/mol. The highest BCUT2D eigenvalue weighted by Crippen LogP contribution is 2.41. The molecule has 0 spiro atoms. The van der Waals surface area contributed by atoms with Crippen LogP contribution in [0.25, 0.3) is 23.4 Å². The summed E-state index contributed by atoms with van der Waals surface area (Å²) < 4.78 is 7.66. The first kappa shape index (κ1) is 20.7. The lowest BCUT2D eigenvalue weighted by Crippen LogP contribution is -2.41. The fourth-order valence-corrected chi connectivity index (χ4v) is 5.38. The van der Waals surface area contributed by atoms with Crippen molar-refractivity contribution in [3.63, 3.8) is 0 Å². The van der Waals surface area contributed by atoms with E-state index in [0.29, 0.717) is 6.04 Å². The van der Waals surface area contributed by atoms with Crippen LogP contribution in [0.4, 0.5) is 0 Å². The largest absolute Gasteiger partial charge is 0.497 e. The molecule has 1 aromatic heterocycles. The van der Waals surface area contributed by atoms with Crippen LogP contribution >= 0.6 is 0 Å². The van der Waals surface area contributed by atoms with Crippen LogP contribution in [-0.4, -0.2) is 18.6 Å². The van der Waals surface area contributed by atoms with Gasteiger partial charge in [0.1, 0.15) is 5.75 Å². The minimum absolute atomic E-state index is 0.335. The van der Waals surface area contributed by atoms with Crippen molar-refractivity contribution in [1.29, 1.82) is 0 Å². The number of pyridine rings is 1. The van der Waals surface area contributed by atoms with Gasteiger partial charge in [-0.3, -0.25) is 0 Å². The minimum atomic E-state index is 0.335. The molecule has 3 aromatic rings. The standard InChI is InChI=1S/C31H29N2O/c1-34-27-13-9-23(10-14-27)6-2-3-7-24-15-19-33-21-17-26-12-11-25-16-20-32-18-5-4-8-28(32)30(25)31(26)29(33)22-24/h2-15,18-19,22,28H,16-17,20-21H2,1H3/q+1. The Bertz CT molecular complexity index is 1340. The summed E-state index contributed by atoms with van der Waals surface area (Å²) in [7, 11) is 1.69. The molecule has 0 fully saturated rings. The molecule has 0 aliphatic carbocycles. The summed E-state index contributed by atoms with van der Waals surface area (Å²) in [5.41, 5.74) is 9.64. The summed E-state index contributed by atoms with van der Waals surface area (Å²) in [4.78, 5) is 2.48. The van der Waals surface area contributed by atoms with E-state index < -0.39 is 0 Å². The molecule has 3 nitrogen and oxygen atoms in total. The Balaban J connectivity index is 1.33. The van der Waals surface area contributed by atoms with Gasteiger partial charge in [-0.2, -0.15) is 4.57 Å². The van der Waals surface area contributed by atoms with Gasteiger partial charge in [0, 0.05) is 25.1 Å². The van der Waals surface area contributed by atoms with E-state index in [-0.39, 0.29) is 0 Å². The van der Waals surface area contributed by atoms with Crippen molar-refractivity contribution in [2.24, 2.45) is 0 Å². The maximum absolute atomic E-state index is 5.24. The molecule has 1 atom stereocenters. The van der Waals surface area contributed by atoms with E-state index in [2.05, 4.69) is 101 Å². The maximum atomic E-state index is 5.24. The van der Waals surface area contributed by atoms with Crippen LogP contribution in [0.1, 0.15) is 33.9 Å². The lowest BCUT2D eigenvalue weighted by Gasteiger charge is -2.38. The third-order valence-electron chi connectivity index (χ3n) is 7.14. The van der Waals surface area contributed by atoms with E-state index in [9.17, 15) is 0 Å². The Hall–Kier alpha value is -3.85. The molecule has 0 radical (unpaired) electrons. The Morgan fingerprint density at radius 1 is 0.912 bits per heavy atom. The van der Waals surface area contributed by atoms with Gasteiger partial charge >= 0.3 is 0 Å². The summed E-state index contributed by atoms with van der Waals surface area (Å²) in [5, 5.41) is 0. The Morgan fingerprint density at radius 3 is 2.59 bits per heavy atom. The van der Waals surface area contributed by atoms with Gasteiger partial charge in [-0.15, -0.1) is 0 Å². The summed E-state index contributed by atoms with van der Waals surface area (Å²) in [5.74, 6) is 0.879. The number of aryl methyl sites for hydroxylation is 2. The van der Waals surface area contributed by atoms with Crippen molar-refractivity contribution in [2.75, 3.05) is 13.7 Å². The second-order valence-corrected chi connectivity index (χ2v) is 9.11. The van der Waals surface area contributed by atoms with Gasteiger partial charge in [0.25, 0.3) is 0 Å². The number of methoxy groups -OCH3 is 1. The van der Waals surface area contributed by atoms with Crippen molar-refractivity contribution in [3.8, 4) is 17.0 Å². The van der Waals surface area contributed by atoms with Crippen molar-refractivity contribution in [3.05, 3.63) is 119 Å². The van der Waals surface area contributed by atoms with E-state index in [1.165, 1.54) is 33.5 Å². The average Bonchev–Trinajstić information content (AvgIpc) is 2.90. The number of nitrogens with zero attached hydrogens (tertiary/aromatic N) is 2. The maximum Gasteiger partial charge on any atom is 0.213 e. The first-order chi connectivity index (χ1) is 16.8. The SMILES string of the molecule is COc1ccc(C=CC=Cc2cc[n+]3c(c2)-c2c(ccc4c2C2C=CC=CN2CC4)CC3)cc1.